The monoisotopic (exact) mass is 341 g/mol. The van der Waals surface area contributed by atoms with Gasteiger partial charge in [-0.15, -0.1) is 0 Å². The topological polar surface area (TPSA) is 55.8 Å². The molecule has 1 saturated heterocycles. The normalized spacial score (nSPS) is 19.9. The summed E-state index contributed by atoms with van der Waals surface area (Å²) < 4.78 is 37.6. The van der Waals surface area contributed by atoms with E-state index in [9.17, 15) is 18.4 Å². The zero-order valence-electron chi connectivity index (χ0n) is 13.9. The third-order valence-corrected chi connectivity index (χ3v) is 3.39. The predicted octanol–water partition coefficient (Wildman–Crippen LogP) is 3.37. The number of nitrogens with zero attached hydrogens (tertiary/aromatic N) is 1. The molecule has 0 saturated carbocycles. The van der Waals surface area contributed by atoms with E-state index in [-0.39, 0.29) is 6.61 Å². The Hall–Kier alpha value is -2.18. The van der Waals surface area contributed by atoms with E-state index in [0.717, 1.165) is 10.5 Å². The van der Waals surface area contributed by atoms with Crippen LogP contribution < -0.4 is 0 Å². The van der Waals surface area contributed by atoms with Crippen molar-refractivity contribution in [1.82, 2.24) is 4.90 Å². The lowest BCUT2D eigenvalue weighted by molar-refractivity contribution is -0.160. The first-order valence-electron chi connectivity index (χ1n) is 7.65. The maximum atomic E-state index is 13.7. The molecule has 0 spiro atoms. The number of benzene rings is 1. The van der Waals surface area contributed by atoms with Crippen LogP contribution in [0.3, 0.4) is 0 Å². The average Bonchev–Trinajstić information content (AvgIpc) is 2.80. The first-order valence-corrected chi connectivity index (χ1v) is 7.65. The number of hydrogen-bond donors (Lipinski definition) is 0. The number of halogens is 2. The van der Waals surface area contributed by atoms with Crippen LogP contribution in [0, 0.1) is 0 Å². The Kier molecular flexibility index (Phi) is 5.11. The smallest absolute Gasteiger partial charge is 0.411 e. The van der Waals surface area contributed by atoms with E-state index in [2.05, 4.69) is 0 Å². The summed E-state index contributed by atoms with van der Waals surface area (Å²) in [5, 5.41) is 0. The highest BCUT2D eigenvalue weighted by atomic mass is 19.3. The molecule has 24 heavy (non-hydrogen) atoms. The van der Waals surface area contributed by atoms with Crippen LogP contribution in [0.15, 0.2) is 30.3 Å². The molecule has 0 radical (unpaired) electrons. The van der Waals surface area contributed by atoms with Crippen LogP contribution in [0.1, 0.15) is 32.8 Å². The Labute approximate surface area is 139 Å². The number of ether oxygens (including phenoxy) is 2. The molecule has 1 aromatic rings. The maximum absolute atomic E-state index is 13.7. The molecular weight excluding hydrogens is 320 g/mol. The lowest BCUT2D eigenvalue weighted by Crippen LogP contribution is -2.43. The number of esters is 1. The van der Waals surface area contributed by atoms with Crippen molar-refractivity contribution in [2.75, 3.05) is 6.54 Å². The van der Waals surface area contributed by atoms with Crippen molar-refractivity contribution in [3.63, 3.8) is 0 Å². The molecule has 0 N–H and O–H groups in total. The molecule has 132 valence electrons. The van der Waals surface area contributed by atoms with Crippen molar-refractivity contribution in [3.8, 4) is 0 Å². The van der Waals surface area contributed by atoms with E-state index in [0.29, 0.717) is 0 Å². The van der Waals surface area contributed by atoms with E-state index < -0.39 is 42.6 Å². The highest BCUT2D eigenvalue weighted by Crippen LogP contribution is 2.33. The standard InChI is InChI=1S/C17H21F2NO4/c1-16(2,3)24-14(21)13-9-17(18,19)11-20(13)15(22)23-10-12-7-5-4-6-8-12/h4-8,13H,9-11H2,1-3H3. The van der Waals surface area contributed by atoms with Crippen LogP contribution in [-0.2, 0) is 20.9 Å². The van der Waals surface area contributed by atoms with Crippen molar-refractivity contribution in [2.45, 2.75) is 51.4 Å². The molecule has 7 heteroatoms. The third-order valence-electron chi connectivity index (χ3n) is 3.39. The number of alkyl halides is 2. The summed E-state index contributed by atoms with van der Waals surface area (Å²) in [7, 11) is 0. The molecule has 1 amide bonds. The van der Waals surface area contributed by atoms with Gasteiger partial charge < -0.3 is 9.47 Å². The van der Waals surface area contributed by atoms with Crippen molar-refractivity contribution in [3.05, 3.63) is 35.9 Å². The van der Waals surface area contributed by atoms with E-state index in [4.69, 9.17) is 9.47 Å². The first kappa shape index (κ1) is 18.2. The van der Waals surface area contributed by atoms with Gasteiger partial charge in [0.05, 0.1) is 6.54 Å². The molecule has 5 nitrogen and oxygen atoms in total. The highest BCUT2D eigenvalue weighted by Gasteiger charge is 2.51. The van der Waals surface area contributed by atoms with E-state index in [1.807, 2.05) is 6.07 Å². The molecule has 1 unspecified atom stereocenters. The molecule has 1 heterocycles. The summed E-state index contributed by atoms with van der Waals surface area (Å²) in [5.74, 6) is -4.00. The lowest BCUT2D eigenvalue weighted by Gasteiger charge is -2.26. The molecule has 1 atom stereocenters. The van der Waals surface area contributed by atoms with Crippen LogP contribution >= 0.6 is 0 Å². The number of likely N-dealkylation sites (tertiary alicyclic amines) is 1. The number of carbonyl (C=O) groups excluding carboxylic acids is 2. The fourth-order valence-corrected chi connectivity index (χ4v) is 2.39. The van der Waals surface area contributed by atoms with Gasteiger partial charge in [0.1, 0.15) is 18.2 Å². The number of carbonyl (C=O) groups is 2. The van der Waals surface area contributed by atoms with Crippen molar-refractivity contribution >= 4 is 12.1 Å². The van der Waals surface area contributed by atoms with Gasteiger partial charge in [-0.2, -0.15) is 0 Å². The van der Waals surface area contributed by atoms with Gasteiger partial charge in [-0.3, -0.25) is 4.90 Å². The molecule has 1 aromatic carbocycles. The largest absolute Gasteiger partial charge is 0.458 e. The second kappa shape index (κ2) is 6.75. The van der Waals surface area contributed by atoms with E-state index in [1.165, 1.54) is 0 Å². The average molecular weight is 341 g/mol. The Morgan fingerprint density at radius 2 is 1.88 bits per heavy atom. The van der Waals surface area contributed by atoms with Gasteiger partial charge >= 0.3 is 12.1 Å². The second-order valence-corrected chi connectivity index (χ2v) is 6.78. The fraction of sp³-hybridized carbons (Fsp3) is 0.529. The van der Waals surface area contributed by atoms with Crippen LogP contribution in [-0.4, -0.2) is 41.1 Å². The summed E-state index contributed by atoms with van der Waals surface area (Å²) in [4.78, 5) is 25.0. The Balaban J connectivity index is 2.04. The van der Waals surface area contributed by atoms with Crippen LogP contribution in [0.5, 0.6) is 0 Å². The quantitative estimate of drug-likeness (QED) is 0.791. The van der Waals surface area contributed by atoms with Gasteiger partial charge in [0, 0.05) is 6.42 Å². The summed E-state index contributed by atoms with van der Waals surface area (Å²) >= 11 is 0. The number of hydrogen-bond acceptors (Lipinski definition) is 4. The van der Waals surface area contributed by atoms with Gasteiger partial charge in [-0.25, -0.2) is 18.4 Å². The van der Waals surface area contributed by atoms with Crippen LogP contribution in [0.2, 0.25) is 0 Å². The molecule has 0 bridgehead atoms. The van der Waals surface area contributed by atoms with Crippen LogP contribution in [0.25, 0.3) is 0 Å². The molecular formula is C17H21F2NO4. The van der Waals surface area contributed by atoms with Crippen molar-refractivity contribution in [1.29, 1.82) is 0 Å². The van der Waals surface area contributed by atoms with Crippen LogP contribution in [0.4, 0.5) is 13.6 Å². The molecule has 0 aromatic heterocycles. The summed E-state index contributed by atoms with van der Waals surface area (Å²) in [6.45, 7) is 4.00. The molecule has 1 aliphatic rings. The minimum Gasteiger partial charge on any atom is -0.458 e. The Morgan fingerprint density at radius 3 is 2.46 bits per heavy atom. The predicted molar refractivity (Wildman–Crippen MR) is 82.5 cm³/mol. The lowest BCUT2D eigenvalue weighted by atomic mass is 10.1. The Bertz CT molecular complexity index is 598. The minimum atomic E-state index is -3.15. The zero-order valence-corrected chi connectivity index (χ0v) is 13.9. The van der Waals surface area contributed by atoms with Gasteiger partial charge in [0.2, 0.25) is 0 Å². The summed E-state index contributed by atoms with van der Waals surface area (Å²) in [6.07, 6.45) is -1.71. The third kappa shape index (κ3) is 4.91. The molecule has 1 fully saturated rings. The molecule has 1 aliphatic heterocycles. The number of rotatable bonds is 3. The summed E-state index contributed by atoms with van der Waals surface area (Å²) in [5.41, 5.74) is -0.0974. The Morgan fingerprint density at radius 1 is 1.25 bits per heavy atom. The van der Waals surface area contributed by atoms with Gasteiger partial charge in [0.25, 0.3) is 5.92 Å². The van der Waals surface area contributed by atoms with Crippen molar-refractivity contribution in [2.24, 2.45) is 0 Å². The number of amides is 1. The SMILES string of the molecule is CC(C)(C)OC(=O)C1CC(F)(F)CN1C(=O)OCc1ccccc1. The minimum absolute atomic E-state index is 0.0528. The molecule has 0 aliphatic carbocycles. The fourth-order valence-electron chi connectivity index (χ4n) is 2.39. The van der Waals surface area contributed by atoms with E-state index in [1.54, 1.807) is 45.0 Å². The van der Waals surface area contributed by atoms with E-state index >= 15 is 0 Å². The molecule has 2 rings (SSSR count). The maximum Gasteiger partial charge on any atom is 0.411 e. The van der Waals surface area contributed by atoms with Gasteiger partial charge in [0.15, 0.2) is 0 Å². The van der Waals surface area contributed by atoms with Crippen molar-refractivity contribution < 1.29 is 27.8 Å². The zero-order chi connectivity index (χ0) is 18.0. The highest BCUT2D eigenvalue weighted by molar-refractivity contribution is 5.82. The second-order valence-electron chi connectivity index (χ2n) is 6.78. The van der Waals surface area contributed by atoms with Gasteiger partial charge in [-0.1, -0.05) is 30.3 Å². The van der Waals surface area contributed by atoms with Gasteiger partial charge in [-0.05, 0) is 26.3 Å². The first-order chi connectivity index (χ1) is 11.1. The summed E-state index contributed by atoms with van der Waals surface area (Å²) in [6, 6.07) is 7.51.